The second-order valence-electron chi connectivity index (χ2n) is 4.35. The third-order valence-electron chi connectivity index (χ3n) is 2.95. The normalized spacial score (nSPS) is 10.5. The van der Waals surface area contributed by atoms with Crippen LogP contribution in [0.2, 0.25) is 0 Å². The minimum atomic E-state index is 0.765. The van der Waals surface area contributed by atoms with Gasteiger partial charge in [0.05, 0.1) is 7.11 Å². The summed E-state index contributed by atoms with van der Waals surface area (Å²) in [6.07, 6.45) is 4.74. The topological polar surface area (TPSA) is 48.3 Å². The molecule has 0 fully saturated rings. The van der Waals surface area contributed by atoms with Crippen LogP contribution in [0.4, 0.5) is 11.6 Å². The molecule has 0 bridgehead atoms. The minimum absolute atomic E-state index is 0.765. The van der Waals surface area contributed by atoms with E-state index in [0.29, 0.717) is 0 Å². The molecule has 0 aliphatic carbocycles. The molecule has 1 aromatic heterocycles. The number of aromatic nitrogens is 2. The number of aryl methyl sites for hydroxylation is 1. The average Bonchev–Trinajstić information content (AvgIpc) is 2.92. The molecule has 108 valence electrons. The Kier molecular flexibility index (Phi) is 5.43. The van der Waals surface area contributed by atoms with Crippen molar-refractivity contribution in [1.82, 2.24) is 9.55 Å². The van der Waals surface area contributed by atoms with Gasteiger partial charge in [0.2, 0.25) is 5.95 Å². The summed E-state index contributed by atoms with van der Waals surface area (Å²) in [4.78, 5) is 4.33. The first-order chi connectivity index (χ1) is 9.83. The van der Waals surface area contributed by atoms with Gasteiger partial charge in [-0.1, -0.05) is 0 Å². The minimum Gasteiger partial charge on any atom is -0.497 e. The van der Waals surface area contributed by atoms with Crippen LogP contribution < -0.4 is 10.1 Å². The van der Waals surface area contributed by atoms with Gasteiger partial charge in [0, 0.05) is 37.8 Å². The monoisotopic (exact) mass is 275 g/mol. The fraction of sp³-hybridized carbons (Fsp3) is 0.400. The number of methoxy groups -OCH3 is 1. The van der Waals surface area contributed by atoms with Crippen LogP contribution in [0.3, 0.4) is 0 Å². The standard InChI is InChI=1S/C15H21N3O2/c1-3-20-12-4-10-18-11-9-16-15(18)17-13-5-7-14(19-2)8-6-13/h5-9,11H,3-4,10,12H2,1-2H3,(H,16,17). The van der Waals surface area contributed by atoms with E-state index in [9.17, 15) is 0 Å². The molecule has 1 heterocycles. The van der Waals surface area contributed by atoms with Gasteiger partial charge in [-0.05, 0) is 37.6 Å². The van der Waals surface area contributed by atoms with Crippen LogP contribution in [0.1, 0.15) is 13.3 Å². The molecule has 1 N–H and O–H groups in total. The summed E-state index contributed by atoms with van der Waals surface area (Å²) < 4.78 is 12.6. The molecule has 5 nitrogen and oxygen atoms in total. The van der Waals surface area contributed by atoms with Crippen LogP contribution in [-0.2, 0) is 11.3 Å². The first-order valence-corrected chi connectivity index (χ1v) is 6.83. The van der Waals surface area contributed by atoms with Crippen molar-refractivity contribution in [2.45, 2.75) is 19.9 Å². The third-order valence-corrected chi connectivity index (χ3v) is 2.95. The number of nitrogens with one attached hydrogen (secondary N) is 1. The molecule has 0 aliphatic rings. The van der Waals surface area contributed by atoms with E-state index in [1.807, 2.05) is 37.4 Å². The maximum absolute atomic E-state index is 5.35. The van der Waals surface area contributed by atoms with Crippen LogP contribution in [0.25, 0.3) is 0 Å². The van der Waals surface area contributed by atoms with Gasteiger partial charge in [0.15, 0.2) is 0 Å². The lowest BCUT2D eigenvalue weighted by molar-refractivity contribution is 0.142. The van der Waals surface area contributed by atoms with Gasteiger partial charge in [-0.25, -0.2) is 4.98 Å². The summed E-state index contributed by atoms with van der Waals surface area (Å²) in [7, 11) is 1.66. The largest absolute Gasteiger partial charge is 0.497 e. The maximum atomic E-state index is 5.35. The van der Waals surface area contributed by atoms with Gasteiger partial charge in [0.1, 0.15) is 5.75 Å². The molecular weight excluding hydrogens is 254 g/mol. The van der Waals surface area contributed by atoms with Gasteiger partial charge >= 0.3 is 0 Å². The van der Waals surface area contributed by atoms with E-state index in [4.69, 9.17) is 9.47 Å². The first kappa shape index (κ1) is 14.4. The first-order valence-electron chi connectivity index (χ1n) is 6.83. The zero-order chi connectivity index (χ0) is 14.2. The lowest BCUT2D eigenvalue weighted by Gasteiger charge is -2.10. The lowest BCUT2D eigenvalue weighted by atomic mass is 10.3. The summed E-state index contributed by atoms with van der Waals surface area (Å²) >= 11 is 0. The number of ether oxygens (including phenoxy) is 2. The van der Waals surface area contributed by atoms with Crippen LogP contribution in [0.5, 0.6) is 5.75 Å². The van der Waals surface area contributed by atoms with E-state index in [1.165, 1.54) is 0 Å². The average molecular weight is 275 g/mol. The van der Waals surface area contributed by atoms with Crippen molar-refractivity contribution < 1.29 is 9.47 Å². The van der Waals surface area contributed by atoms with E-state index < -0.39 is 0 Å². The summed E-state index contributed by atoms with van der Waals surface area (Å²) in [5.41, 5.74) is 0.989. The fourth-order valence-electron chi connectivity index (χ4n) is 1.90. The van der Waals surface area contributed by atoms with Crippen LogP contribution >= 0.6 is 0 Å². The summed E-state index contributed by atoms with van der Waals surface area (Å²) in [6.45, 7) is 4.43. The molecule has 0 spiro atoms. The van der Waals surface area contributed by atoms with Crippen LogP contribution in [-0.4, -0.2) is 29.9 Å². The Morgan fingerprint density at radius 1 is 1.25 bits per heavy atom. The third kappa shape index (κ3) is 3.99. The zero-order valence-corrected chi connectivity index (χ0v) is 12.0. The number of nitrogens with zero attached hydrogens (tertiary/aromatic N) is 2. The Hall–Kier alpha value is -2.01. The van der Waals surface area contributed by atoms with Gasteiger partial charge in [-0.15, -0.1) is 0 Å². The predicted octanol–water partition coefficient (Wildman–Crippen LogP) is 3.06. The Balaban J connectivity index is 1.93. The van der Waals surface area contributed by atoms with Crippen molar-refractivity contribution in [3.8, 4) is 5.75 Å². The fourth-order valence-corrected chi connectivity index (χ4v) is 1.90. The van der Waals surface area contributed by atoms with Crippen molar-refractivity contribution >= 4 is 11.6 Å². The van der Waals surface area contributed by atoms with Crippen molar-refractivity contribution in [3.05, 3.63) is 36.7 Å². The summed E-state index contributed by atoms with van der Waals surface area (Å²) in [6, 6.07) is 7.78. The van der Waals surface area contributed by atoms with E-state index in [0.717, 1.165) is 43.6 Å². The number of rotatable bonds is 8. The molecule has 0 saturated heterocycles. The van der Waals surface area contributed by atoms with Gasteiger partial charge < -0.3 is 19.4 Å². The maximum Gasteiger partial charge on any atom is 0.207 e. The van der Waals surface area contributed by atoms with Gasteiger partial charge in [-0.3, -0.25) is 0 Å². The van der Waals surface area contributed by atoms with Crippen molar-refractivity contribution in [1.29, 1.82) is 0 Å². The summed E-state index contributed by atoms with van der Waals surface area (Å²) in [5, 5.41) is 3.30. The van der Waals surface area contributed by atoms with E-state index in [2.05, 4.69) is 14.9 Å². The molecule has 20 heavy (non-hydrogen) atoms. The molecule has 1 aromatic carbocycles. The Bertz CT molecular complexity index is 508. The van der Waals surface area contributed by atoms with Crippen molar-refractivity contribution in [2.24, 2.45) is 0 Å². The SMILES string of the molecule is CCOCCCn1ccnc1Nc1ccc(OC)cc1. The number of benzene rings is 1. The van der Waals surface area contributed by atoms with Crippen LogP contribution in [0.15, 0.2) is 36.7 Å². The highest BCUT2D eigenvalue weighted by Crippen LogP contribution is 2.19. The van der Waals surface area contributed by atoms with Crippen molar-refractivity contribution in [2.75, 3.05) is 25.6 Å². The molecule has 0 aliphatic heterocycles. The quantitative estimate of drug-likeness (QED) is 0.752. The lowest BCUT2D eigenvalue weighted by Crippen LogP contribution is -2.06. The van der Waals surface area contributed by atoms with E-state index in [1.54, 1.807) is 13.3 Å². The highest BCUT2D eigenvalue weighted by molar-refractivity contribution is 5.54. The van der Waals surface area contributed by atoms with Gasteiger partial charge in [-0.2, -0.15) is 0 Å². The molecule has 0 radical (unpaired) electrons. The predicted molar refractivity (Wildman–Crippen MR) is 79.6 cm³/mol. The number of hydrogen-bond donors (Lipinski definition) is 1. The Morgan fingerprint density at radius 3 is 2.75 bits per heavy atom. The van der Waals surface area contributed by atoms with E-state index in [-0.39, 0.29) is 0 Å². The number of anilines is 2. The molecule has 2 rings (SSSR count). The highest BCUT2D eigenvalue weighted by Gasteiger charge is 2.03. The Labute approximate surface area is 119 Å². The molecule has 5 heteroatoms. The molecular formula is C15H21N3O2. The molecule has 0 atom stereocenters. The van der Waals surface area contributed by atoms with E-state index >= 15 is 0 Å². The zero-order valence-electron chi connectivity index (χ0n) is 12.0. The molecule has 0 amide bonds. The second kappa shape index (κ2) is 7.55. The Morgan fingerprint density at radius 2 is 2.05 bits per heavy atom. The summed E-state index contributed by atoms with van der Waals surface area (Å²) in [5.74, 6) is 1.68. The smallest absolute Gasteiger partial charge is 0.207 e. The van der Waals surface area contributed by atoms with Gasteiger partial charge in [0.25, 0.3) is 0 Å². The van der Waals surface area contributed by atoms with Crippen molar-refractivity contribution in [3.63, 3.8) is 0 Å². The second-order valence-corrected chi connectivity index (χ2v) is 4.35. The highest BCUT2D eigenvalue weighted by atomic mass is 16.5. The molecule has 2 aromatic rings. The molecule has 0 unspecified atom stereocenters. The number of hydrogen-bond acceptors (Lipinski definition) is 4. The molecule has 0 saturated carbocycles. The van der Waals surface area contributed by atoms with Crippen LogP contribution in [0, 0.1) is 0 Å². The number of imidazole rings is 1.